The van der Waals surface area contributed by atoms with Gasteiger partial charge in [-0.3, -0.25) is 4.79 Å². The van der Waals surface area contributed by atoms with Gasteiger partial charge in [-0.2, -0.15) is 0 Å². The third-order valence-electron chi connectivity index (χ3n) is 1.83. The zero-order valence-electron chi connectivity index (χ0n) is 8.54. The van der Waals surface area contributed by atoms with Gasteiger partial charge in [-0.1, -0.05) is 25.2 Å². The molecule has 0 rings (SSSR count). The summed E-state index contributed by atoms with van der Waals surface area (Å²) in [6.45, 7) is 3.47. The molecule has 0 aliphatic heterocycles. The molecule has 0 saturated carbocycles. The average molecular weight is 194 g/mol. The quantitative estimate of drug-likeness (QED) is 0.365. The minimum Gasteiger partial charge on any atom is -0.481 e. The Bertz CT molecular complexity index is 222. The third-order valence-corrected chi connectivity index (χ3v) is 1.83. The zero-order valence-corrected chi connectivity index (χ0v) is 8.54. The van der Waals surface area contributed by atoms with Crippen molar-refractivity contribution in [2.75, 3.05) is 0 Å². The van der Waals surface area contributed by atoms with Crippen LogP contribution < -0.4 is 0 Å². The molecule has 0 aromatic rings. The van der Waals surface area contributed by atoms with Crippen LogP contribution in [0.4, 0.5) is 0 Å². The largest absolute Gasteiger partial charge is 0.481 e. The highest BCUT2D eigenvalue weighted by atomic mass is 16.4. The van der Waals surface area contributed by atoms with Crippen LogP contribution in [0.1, 0.15) is 38.5 Å². The lowest BCUT2D eigenvalue weighted by Gasteiger charge is -1.94. The van der Waals surface area contributed by atoms with Crippen LogP contribution in [-0.4, -0.2) is 11.1 Å². The maximum atomic E-state index is 10.2. The molecule has 0 spiro atoms. The monoisotopic (exact) mass is 194 g/mol. The predicted molar refractivity (Wildman–Crippen MR) is 58.2 cm³/mol. The van der Waals surface area contributed by atoms with Crippen molar-refractivity contribution >= 4 is 5.97 Å². The van der Waals surface area contributed by atoms with Crippen LogP contribution >= 0.6 is 0 Å². The summed E-state index contributed by atoms with van der Waals surface area (Å²) in [5.74, 6) is -0.698. The third kappa shape index (κ3) is 10.7. The van der Waals surface area contributed by atoms with E-state index in [-0.39, 0.29) is 0 Å². The van der Waals surface area contributed by atoms with Crippen LogP contribution in [0.25, 0.3) is 0 Å². The molecule has 0 aromatic heterocycles. The molecular weight excluding hydrogens is 176 g/mol. The van der Waals surface area contributed by atoms with E-state index in [1.807, 2.05) is 6.08 Å². The lowest BCUT2D eigenvalue weighted by Crippen LogP contribution is -1.93. The Morgan fingerprint density at radius 2 is 2.07 bits per heavy atom. The molecule has 0 atom stereocenters. The van der Waals surface area contributed by atoms with E-state index in [9.17, 15) is 4.79 Å². The Labute approximate surface area is 85.6 Å². The summed E-state index contributed by atoms with van der Waals surface area (Å²) in [4.78, 5) is 10.2. The highest BCUT2D eigenvalue weighted by molar-refractivity contribution is 5.66. The highest BCUT2D eigenvalue weighted by Crippen LogP contribution is 2.03. The van der Waals surface area contributed by atoms with Gasteiger partial charge in [0.25, 0.3) is 0 Å². The lowest BCUT2D eigenvalue weighted by atomic mass is 10.1. The van der Waals surface area contributed by atoms with Crippen LogP contribution in [0.2, 0.25) is 0 Å². The summed E-state index contributed by atoms with van der Waals surface area (Å²) in [6.07, 6.45) is 11.1. The normalized spacial score (nSPS) is 10.0. The van der Waals surface area contributed by atoms with E-state index >= 15 is 0 Å². The molecule has 0 amide bonds. The average Bonchev–Trinajstić information content (AvgIpc) is 2.15. The number of carbonyl (C=O) groups is 1. The van der Waals surface area contributed by atoms with Crippen molar-refractivity contribution in [1.29, 1.82) is 0 Å². The lowest BCUT2D eigenvalue weighted by molar-refractivity contribution is -0.137. The van der Waals surface area contributed by atoms with E-state index < -0.39 is 5.97 Å². The second-order valence-corrected chi connectivity index (χ2v) is 3.11. The van der Waals surface area contributed by atoms with Crippen molar-refractivity contribution in [1.82, 2.24) is 0 Å². The Balaban J connectivity index is 3.16. The Morgan fingerprint density at radius 1 is 1.29 bits per heavy atom. The SMILES string of the molecule is C=C=CCC=CCCCCCC(=O)O. The van der Waals surface area contributed by atoms with Crippen molar-refractivity contribution in [2.24, 2.45) is 0 Å². The van der Waals surface area contributed by atoms with Gasteiger partial charge in [0.15, 0.2) is 0 Å². The molecule has 0 saturated heterocycles. The van der Waals surface area contributed by atoms with Gasteiger partial charge in [0, 0.05) is 6.42 Å². The fourth-order valence-corrected chi connectivity index (χ4v) is 1.08. The van der Waals surface area contributed by atoms with E-state index in [2.05, 4.69) is 24.5 Å². The molecule has 0 aromatic carbocycles. The number of unbranched alkanes of at least 4 members (excludes halogenated alkanes) is 3. The molecule has 2 heteroatoms. The fourth-order valence-electron chi connectivity index (χ4n) is 1.08. The first kappa shape index (κ1) is 12.7. The summed E-state index contributed by atoms with van der Waals surface area (Å²) < 4.78 is 0. The number of carboxylic acid groups (broad SMARTS) is 1. The van der Waals surface area contributed by atoms with Gasteiger partial charge < -0.3 is 5.11 Å². The number of carboxylic acids is 1. The highest BCUT2D eigenvalue weighted by Gasteiger charge is 1.94. The standard InChI is InChI=1S/C12H18O2/c1-2-3-4-5-6-7-8-9-10-11-12(13)14/h3,5-6H,1,4,7-11H2,(H,13,14). The van der Waals surface area contributed by atoms with Gasteiger partial charge in [-0.15, -0.1) is 5.73 Å². The van der Waals surface area contributed by atoms with E-state index in [1.165, 1.54) is 0 Å². The van der Waals surface area contributed by atoms with Crippen molar-refractivity contribution in [3.8, 4) is 0 Å². The molecule has 0 bridgehead atoms. The van der Waals surface area contributed by atoms with E-state index in [1.54, 1.807) is 0 Å². The second kappa shape index (κ2) is 9.82. The number of hydrogen-bond donors (Lipinski definition) is 1. The second-order valence-electron chi connectivity index (χ2n) is 3.11. The van der Waals surface area contributed by atoms with Gasteiger partial charge in [-0.05, 0) is 31.8 Å². The number of allylic oxidation sites excluding steroid dienone is 3. The number of rotatable bonds is 8. The van der Waals surface area contributed by atoms with Crippen molar-refractivity contribution in [3.05, 3.63) is 30.5 Å². The molecule has 0 unspecified atom stereocenters. The summed E-state index contributed by atoms with van der Waals surface area (Å²) >= 11 is 0. The molecule has 2 nitrogen and oxygen atoms in total. The van der Waals surface area contributed by atoms with Gasteiger partial charge >= 0.3 is 5.97 Å². The van der Waals surface area contributed by atoms with Crippen molar-refractivity contribution < 1.29 is 9.90 Å². The first-order chi connectivity index (χ1) is 6.77. The molecule has 1 N–H and O–H groups in total. The van der Waals surface area contributed by atoms with Gasteiger partial charge in [0.1, 0.15) is 0 Å². The molecular formula is C12H18O2. The van der Waals surface area contributed by atoms with Gasteiger partial charge in [0.05, 0.1) is 0 Å². The van der Waals surface area contributed by atoms with Crippen LogP contribution in [0.15, 0.2) is 30.5 Å². The van der Waals surface area contributed by atoms with Crippen LogP contribution in [0.5, 0.6) is 0 Å². The van der Waals surface area contributed by atoms with Gasteiger partial charge in [-0.25, -0.2) is 0 Å². The molecule has 0 aliphatic carbocycles. The van der Waals surface area contributed by atoms with Crippen molar-refractivity contribution in [3.63, 3.8) is 0 Å². The Morgan fingerprint density at radius 3 is 2.71 bits per heavy atom. The zero-order chi connectivity index (χ0) is 10.6. The Hall–Kier alpha value is -1.27. The molecule has 14 heavy (non-hydrogen) atoms. The Kier molecular flexibility index (Phi) is 8.92. The smallest absolute Gasteiger partial charge is 0.303 e. The van der Waals surface area contributed by atoms with Crippen LogP contribution in [0.3, 0.4) is 0 Å². The molecule has 0 heterocycles. The van der Waals surface area contributed by atoms with E-state index in [0.29, 0.717) is 6.42 Å². The minimum atomic E-state index is -0.698. The first-order valence-corrected chi connectivity index (χ1v) is 4.98. The molecule has 0 fully saturated rings. The summed E-state index contributed by atoms with van der Waals surface area (Å²) in [7, 11) is 0. The predicted octanol–water partition coefficient (Wildman–Crippen LogP) is 3.31. The fraction of sp³-hybridized carbons (Fsp3) is 0.500. The van der Waals surface area contributed by atoms with Crippen molar-refractivity contribution in [2.45, 2.75) is 38.5 Å². The molecule has 0 radical (unpaired) electrons. The van der Waals surface area contributed by atoms with Crippen LogP contribution in [-0.2, 0) is 4.79 Å². The number of hydrogen-bond acceptors (Lipinski definition) is 1. The summed E-state index contributed by atoms with van der Waals surface area (Å²) in [5, 5.41) is 8.38. The molecule has 0 aliphatic rings. The van der Waals surface area contributed by atoms with Crippen LogP contribution in [0, 0.1) is 0 Å². The molecule has 78 valence electrons. The maximum absolute atomic E-state index is 10.2. The maximum Gasteiger partial charge on any atom is 0.303 e. The topological polar surface area (TPSA) is 37.3 Å². The van der Waals surface area contributed by atoms with Gasteiger partial charge in [0.2, 0.25) is 0 Å². The number of aliphatic carboxylic acids is 1. The summed E-state index contributed by atoms with van der Waals surface area (Å²) in [5.41, 5.74) is 2.70. The summed E-state index contributed by atoms with van der Waals surface area (Å²) in [6, 6.07) is 0. The van der Waals surface area contributed by atoms with E-state index in [0.717, 1.165) is 32.1 Å². The first-order valence-electron chi connectivity index (χ1n) is 4.98. The minimum absolute atomic E-state index is 0.295. The van der Waals surface area contributed by atoms with E-state index in [4.69, 9.17) is 5.11 Å².